The molecule has 1 aromatic heterocycles. The first-order valence-electron chi connectivity index (χ1n) is 8.90. The number of anilines is 2. The monoisotopic (exact) mass is 404 g/mol. The highest BCUT2D eigenvalue weighted by Crippen LogP contribution is 2.36. The molecule has 2 aromatic rings. The topological polar surface area (TPSA) is 93.7 Å². The van der Waals surface area contributed by atoms with Crippen molar-refractivity contribution in [1.29, 1.82) is 0 Å². The molecule has 9 heteroatoms. The second-order valence-corrected chi connectivity index (χ2v) is 8.57. The summed E-state index contributed by atoms with van der Waals surface area (Å²) in [5, 5.41) is 12.3. The van der Waals surface area contributed by atoms with Crippen molar-refractivity contribution in [2.75, 3.05) is 31.0 Å². The van der Waals surface area contributed by atoms with Crippen LogP contribution in [0.2, 0.25) is 0 Å². The number of benzene rings is 1. The molecule has 1 aromatic carbocycles. The summed E-state index contributed by atoms with van der Waals surface area (Å²) in [6.07, 6.45) is 0.122. The molecule has 1 saturated heterocycles. The van der Waals surface area contributed by atoms with Gasteiger partial charge in [-0.15, -0.1) is 10.2 Å². The number of aromatic nitrogens is 2. The highest BCUT2D eigenvalue weighted by atomic mass is 32.1. The van der Waals surface area contributed by atoms with Crippen molar-refractivity contribution >= 4 is 34.0 Å². The molecule has 1 fully saturated rings. The van der Waals surface area contributed by atoms with E-state index >= 15 is 0 Å². The third-order valence-electron chi connectivity index (χ3n) is 4.47. The van der Waals surface area contributed by atoms with Crippen LogP contribution in [0.5, 0.6) is 11.5 Å². The minimum Gasteiger partial charge on any atom is -0.497 e. The summed E-state index contributed by atoms with van der Waals surface area (Å²) in [6, 6.07) is 5.23. The molecular formula is C19H24N4O4S. The van der Waals surface area contributed by atoms with Gasteiger partial charge in [-0.2, -0.15) is 0 Å². The van der Waals surface area contributed by atoms with E-state index < -0.39 is 5.92 Å². The molecule has 1 aliphatic heterocycles. The largest absolute Gasteiger partial charge is 0.497 e. The van der Waals surface area contributed by atoms with Gasteiger partial charge in [-0.1, -0.05) is 32.1 Å². The number of rotatable bonds is 5. The lowest BCUT2D eigenvalue weighted by atomic mass is 9.98. The molecule has 1 unspecified atom stereocenters. The molecule has 0 radical (unpaired) electrons. The summed E-state index contributed by atoms with van der Waals surface area (Å²) in [5.74, 6) is 0.299. The van der Waals surface area contributed by atoms with Crippen molar-refractivity contribution in [2.45, 2.75) is 32.6 Å². The van der Waals surface area contributed by atoms with Crippen LogP contribution >= 0.6 is 11.3 Å². The third-order valence-corrected chi connectivity index (χ3v) is 5.73. The molecule has 0 bridgehead atoms. The van der Waals surface area contributed by atoms with Crippen LogP contribution in [0.1, 0.15) is 32.2 Å². The Hall–Kier alpha value is -2.68. The molecule has 2 heterocycles. The zero-order chi connectivity index (χ0) is 20.5. The van der Waals surface area contributed by atoms with E-state index in [1.165, 1.54) is 18.4 Å². The molecule has 1 atom stereocenters. The number of ether oxygens (including phenoxy) is 2. The Balaban J connectivity index is 1.74. The second-order valence-electron chi connectivity index (χ2n) is 7.59. The highest BCUT2D eigenvalue weighted by molar-refractivity contribution is 7.15. The van der Waals surface area contributed by atoms with Gasteiger partial charge in [0.2, 0.25) is 16.9 Å². The first-order chi connectivity index (χ1) is 13.2. The van der Waals surface area contributed by atoms with Crippen molar-refractivity contribution in [3.63, 3.8) is 0 Å². The molecule has 1 N–H and O–H groups in total. The lowest BCUT2D eigenvalue weighted by molar-refractivity contribution is -0.122. The molecule has 3 rings (SSSR count). The summed E-state index contributed by atoms with van der Waals surface area (Å²) in [6.45, 7) is 6.37. The third kappa shape index (κ3) is 4.09. The number of hydrogen-bond donors (Lipinski definition) is 1. The maximum atomic E-state index is 12.7. The summed E-state index contributed by atoms with van der Waals surface area (Å²) in [5.41, 5.74) is 0.456. The number of carbonyl (C=O) groups is 2. The Morgan fingerprint density at radius 1 is 1.25 bits per heavy atom. The standard InChI is InChI=1S/C19H24N4O4S/c1-19(2,3)17-21-22-18(28-17)20-16(25)11-8-15(24)23(10-11)13-9-12(26-4)6-7-14(13)27-5/h6-7,9,11H,8,10H2,1-5H3,(H,20,22,25). The molecule has 150 valence electrons. The molecular weight excluding hydrogens is 380 g/mol. The maximum Gasteiger partial charge on any atom is 0.231 e. The van der Waals surface area contributed by atoms with Crippen molar-refractivity contribution in [1.82, 2.24) is 10.2 Å². The molecule has 1 aliphatic rings. The lowest BCUT2D eigenvalue weighted by Gasteiger charge is -2.20. The predicted molar refractivity (Wildman–Crippen MR) is 107 cm³/mol. The Morgan fingerprint density at radius 3 is 2.61 bits per heavy atom. The Labute approximate surface area is 167 Å². The zero-order valence-electron chi connectivity index (χ0n) is 16.6. The van der Waals surface area contributed by atoms with Crippen LogP contribution in [0.25, 0.3) is 0 Å². The number of carbonyl (C=O) groups excluding carboxylic acids is 2. The average Bonchev–Trinajstić information content (AvgIpc) is 3.27. The number of nitrogens with one attached hydrogen (secondary N) is 1. The van der Waals surface area contributed by atoms with Crippen LogP contribution in [0.4, 0.5) is 10.8 Å². The first-order valence-corrected chi connectivity index (χ1v) is 9.72. The normalized spacial score (nSPS) is 17.0. The van der Waals surface area contributed by atoms with Crippen LogP contribution in [-0.4, -0.2) is 42.8 Å². The van der Waals surface area contributed by atoms with Gasteiger partial charge in [-0.25, -0.2) is 0 Å². The van der Waals surface area contributed by atoms with E-state index in [2.05, 4.69) is 15.5 Å². The van der Waals surface area contributed by atoms with Gasteiger partial charge in [0.15, 0.2) is 0 Å². The van der Waals surface area contributed by atoms with Crippen LogP contribution in [0, 0.1) is 5.92 Å². The average molecular weight is 404 g/mol. The van der Waals surface area contributed by atoms with Gasteiger partial charge in [-0.3, -0.25) is 9.59 Å². The van der Waals surface area contributed by atoms with Crippen molar-refractivity contribution < 1.29 is 19.1 Å². The maximum absolute atomic E-state index is 12.7. The Morgan fingerprint density at radius 2 is 2.00 bits per heavy atom. The summed E-state index contributed by atoms with van der Waals surface area (Å²) in [4.78, 5) is 26.8. The van der Waals surface area contributed by atoms with Crippen molar-refractivity contribution in [3.8, 4) is 11.5 Å². The number of amides is 2. The van der Waals surface area contributed by atoms with Gasteiger partial charge in [0, 0.05) is 24.4 Å². The number of hydrogen-bond acceptors (Lipinski definition) is 7. The fraction of sp³-hybridized carbons (Fsp3) is 0.474. The Kier molecular flexibility index (Phi) is 5.55. The van der Waals surface area contributed by atoms with Crippen molar-refractivity contribution in [2.24, 2.45) is 5.92 Å². The predicted octanol–water partition coefficient (Wildman–Crippen LogP) is 2.84. The smallest absolute Gasteiger partial charge is 0.231 e. The second kappa shape index (κ2) is 7.75. The van der Waals surface area contributed by atoms with Crippen LogP contribution < -0.4 is 19.7 Å². The SMILES string of the molecule is COc1ccc(OC)c(N2CC(C(=O)Nc3nnc(C(C)(C)C)s3)CC2=O)c1. The van der Waals surface area contributed by atoms with E-state index in [0.29, 0.717) is 22.3 Å². The Bertz CT molecular complexity index is 890. The van der Waals surface area contributed by atoms with E-state index in [1.807, 2.05) is 20.8 Å². The number of methoxy groups -OCH3 is 2. The van der Waals surface area contributed by atoms with Gasteiger partial charge in [0.25, 0.3) is 0 Å². The van der Waals surface area contributed by atoms with E-state index in [0.717, 1.165) is 5.01 Å². The lowest BCUT2D eigenvalue weighted by Crippen LogP contribution is -2.28. The number of nitrogens with zero attached hydrogens (tertiary/aromatic N) is 3. The summed E-state index contributed by atoms with van der Waals surface area (Å²) < 4.78 is 10.6. The minimum atomic E-state index is -0.481. The fourth-order valence-electron chi connectivity index (χ4n) is 2.91. The van der Waals surface area contributed by atoms with Gasteiger partial charge in [0.1, 0.15) is 16.5 Å². The molecule has 28 heavy (non-hydrogen) atoms. The summed E-state index contributed by atoms with van der Waals surface area (Å²) in [7, 11) is 3.10. The van der Waals surface area contributed by atoms with Crippen LogP contribution in [0.3, 0.4) is 0 Å². The van der Waals surface area contributed by atoms with Gasteiger partial charge in [-0.05, 0) is 12.1 Å². The van der Waals surface area contributed by atoms with Crippen molar-refractivity contribution in [3.05, 3.63) is 23.2 Å². The molecule has 8 nitrogen and oxygen atoms in total. The van der Waals surface area contributed by atoms with E-state index in [1.54, 1.807) is 30.2 Å². The highest BCUT2D eigenvalue weighted by Gasteiger charge is 2.37. The minimum absolute atomic E-state index is 0.122. The van der Waals surface area contributed by atoms with Gasteiger partial charge in [0.05, 0.1) is 25.8 Å². The van der Waals surface area contributed by atoms with Crippen LogP contribution in [0.15, 0.2) is 18.2 Å². The van der Waals surface area contributed by atoms with Gasteiger partial charge >= 0.3 is 0 Å². The molecule has 2 amide bonds. The fourth-order valence-corrected chi connectivity index (χ4v) is 3.71. The first kappa shape index (κ1) is 20.1. The zero-order valence-corrected chi connectivity index (χ0v) is 17.4. The quantitative estimate of drug-likeness (QED) is 0.824. The molecule has 0 saturated carbocycles. The molecule has 0 aliphatic carbocycles. The molecule has 0 spiro atoms. The van der Waals surface area contributed by atoms with E-state index in [-0.39, 0.29) is 30.2 Å². The van der Waals surface area contributed by atoms with E-state index in [4.69, 9.17) is 9.47 Å². The summed E-state index contributed by atoms with van der Waals surface area (Å²) >= 11 is 1.35. The van der Waals surface area contributed by atoms with E-state index in [9.17, 15) is 9.59 Å². The van der Waals surface area contributed by atoms with Gasteiger partial charge < -0.3 is 19.7 Å². The van der Waals surface area contributed by atoms with Crippen LogP contribution in [-0.2, 0) is 15.0 Å².